The molecule has 0 radical (unpaired) electrons. The van der Waals surface area contributed by atoms with E-state index >= 15 is 0 Å². The standard InChI is InChI=1S/C11H17N3O4/c1-2-18-11(17)8-6-12-3-4-14(8)7-5-9(15)13-10(7)16/h7-8,12H,2-6H2,1H3,(H,13,15,16). The van der Waals surface area contributed by atoms with Gasteiger partial charge in [-0.05, 0) is 6.92 Å². The molecule has 2 aliphatic rings. The Balaban J connectivity index is 2.10. The summed E-state index contributed by atoms with van der Waals surface area (Å²) in [5, 5.41) is 5.36. The van der Waals surface area contributed by atoms with Crippen molar-refractivity contribution in [2.75, 3.05) is 26.2 Å². The van der Waals surface area contributed by atoms with Gasteiger partial charge in [-0.15, -0.1) is 0 Å². The minimum Gasteiger partial charge on any atom is -0.465 e. The Hall–Kier alpha value is -1.47. The van der Waals surface area contributed by atoms with Crippen molar-refractivity contribution in [3.05, 3.63) is 0 Å². The maximum atomic E-state index is 11.8. The largest absolute Gasteiger partial charge is 0.465 e. The van der Waals surface area contributed by atoms with Crippen LogP contribution in [0.5, 0.6) is 0 Å². The molecule has 0 saturated carbocycles. The minimum absolute atomic E-state index is 0.120. The molecule has 100 valence electrons. The van der Waals surface area contributed by atoms with Crippen molar-refractivity contribution in [2.45, 2.75) is 25.4 Å². The van der Waals surface area contributed by atoms with Crippen LogP contribution in [0.4, 0.5) is 0 Å². The zero-order valence-electron chi connectivity index (χ0n) is 10.3. The van der Waals surface area contributed by atoms with Crippen molar-refractivity contribution in [3.8, 4) is 0 Å². The lowest BCUT2D eigenvalue weighted by atomic mass is 10.1. The van der Waals surface area contributed by atoms with Crippen LogP contribution in [0.2, 0.25) is 0 Å². The van der Waals surface area contributed by atoms with Gasteiger partial charge < -0.3 is 10.1 Å². The fraction of sp³-hybridized carbons (Fsp3) is 0.727. The van der Waals surface area contributed by atoms with Crippen molar-refractivity contribution in [1.82, 2.24) is 15.5 Å². The molecule has 2 amide bonds. The van der Waals surface area contributed by atoms with Gasteiger partial charge in [-0.3, -0.25) is 24.6 Å². The molecule has 0 spiro atoms. The van der Waals surface area contributed by atoms with E-state index in [9.17, 15) is 14.4 Å². The number of nitrogens with zero attached hydrogens (tertiary/aromatic N) is 1. The molecule has 7 heteroatoms. The van der Waals surface area contributed by atoms with E-state index in [1.54, 1.807) is 11.8 Å². The van der Waals surface area contributed by atoms with Gasteiger partial charge in [-0.1, -0.05) is 0 Å². The first-order chi connectivity index (χ1) is 8.63. The SMILES string of the molecule is CCOC(=O)C1CNCCN1C1CC(=O)NC1=O. The number of nitrogens with one attached hydrogen (secondary N) is 2. The maximum Gasteiger partial charge on any atom is 0.324 e. The number of piperazine rings is 1. The lowest BCUT2D eigenvalue weighted by Gasteiger charge is -2.36. The van der Waals surface area contributed by atoms with Crippen LogP contribution in [-0.4, -0.2) is 61.0 Å². The molecule has 2 heterocycles. The van der Waals surface area contributed by atoms with Gasteiger partial charge in [0.2, 0.25) is 11.8 Å². The molecule has 2 unspecified atom stereocenters. The second kappa shape index (κ2) is 5.45. The first kappa shape index (κ1) is 13.0. The Morgan fingerprint density at radius 2 is 2.28 bits per heavy atom. The van der Waals surface area contributed by atoms with Crippen LogP contribution < -0.4 is 10.6 Å². The van der Waals surface area contributed by atoms with Gasteiger partial charge in [0.05, 0.1) is 19.1 Å². The third kappa shape index (κ3) is 2.51. The molecule has 7 nitrogen and oxygen atoms in total. The maximum absolute atomic E-state index is 11.8. The summed E-state index contributed by atoms with van der Waals surface area (Å²) in [6.07, 6.45) is 0.120. The Kier molecular flexibility index (Phi) is 3.93. The molecular formula is C11H17N3O4. The number of carbonyl (C=O) groups excluding carboxylic acids is 3. The fourth-order valence-corrected chi connectivity index (χ4v) is 2.36. The molecule has 2 atom stereocenters. The molecule has 2 saturated heterocycles. The Morgan fingerprint density at radius 1 is 1.50 bits per heavy atom. The average Bonchev–Trinajstić information content (AvgIpc) is 2.69. The van der Waals surface area contributed by atoms with Crippen molar-refractivity contribution < 1.29 is 19.1 Å². The number of imide groups is 1. The summed E-state index contributed by atoms with van der Waals surface area (Å²) in [7, 11) is 0. The van der Waals surface area contributed by atoms with E-state index in [0.717, 1.165) is 0 Å². The van der Waals surface area contributed by atoms with Gasteiger partial charge in [-0.25, -0.2) is 0 Å². The van der Waals surface area contributed by atoms with E-state index in [0.29, 0.717) is 26.2 Å². The lowest BCUT2D eigenvalue weighted by Crippen LogP contribution is -2.60. The number of hydrogen-bond donors (Lipinski definition) is 2. The van der Waals surface area contributed by atoms with Gasteiger partial charge in [-0.2, -0.15) is 0 Å². The number of ether oxygens (including phenoxy) is 1. The first-order valence-corrected chi connectivity index (χ1v) is 6.10. The topological polar surface area (TPSA) is 87.7 Å². The molecule has 0 aromatic heterocycles. The van der Waals surface area contributed by atoms with Crippen LogP contribution in [0.25, 0.3) is 0 Å². The van der Waals surface area contributed by atoms with E-state index in [4.69, 9.17) is 4.74 Å². The predicted molar refractivity (Wildman–Crippen MR) is 61.6 cm³/mol. The molecule has 0 aliphatic carbocycles. The Labute approximate surface area is 105 Å². The summed E-state index contributed by atoms with van der Waals surface area (Å²) in [5.41, 5.74) is 0. The highest BCUT2D eigenvalue weighted by Gasteiger charge is 2.42. The van der Waals surface area contributed by atoms with Gasteiger partial charge in [0, 0.05) is 19.6 Å². The highest BCUT2D eigenvalue weighted by Crippen LogP contribution is 2.16. The van der Waals surface area contributed by atoms with Crippen LogP contribution in [-0.2, 0) is 19.1 Å². The van der Waals surface area contributed by atoms with Crippen LogP contribution in [0.15, 0.2) is 0 Å². The predicted octanol–water partition coefficient (Wildman–Crippen LogP) is -1.76. The highest BCUT2D eigenvalue weighted by molar-refractivity contribution is 6.05. The number of hydrogen-bond acceptors (Lipinski definition) is 6. The van der Waals surface area contributed by atoms with Gasteiger partial charge in [0.25, 0.3) is 0 Å². The van der Waals surface area contributed by atoms with E-state index < -0.39 is 12.1 Å². The smallest absolute Gasteiger partial charge is 0.324 e. The van der Waals surface area contributed by atoms with Crippen LogP contribution >= 0.6 is 0 Å². The number of carbonyl (C=O) groups is 3. The quantitative estimate of drug-likeness (QED) is 0.459. The van der Waals surface area contributed by atoms with Crippen molar-refractivity contribution in [1.29, 1.82) is 0 Å². The summed E-state index contributed by atoms with van der Waals surface area (Å²) in [6, 6.07) is -1.05. The van der Waals surface area contributed by atoms with Crippen LogP contribution in [0, 0.1) is 0 Å². The Morgan fingerprint density at radius 3 is 2.89 bits per heavy atom. The minimum atomic E-state index is -0.547. The molecule has 18 heavy (non-hydrogen) atoms. The summed E-state index contributed by atoms with van der Waals surface area (Å²) in [6.45, 7) is 3.72. The van der Waals surface area contributed by atoms with E-state index in [-0.39, 0.29) is 24.2 Å². The van der Waals surface area contributed by atoms with E-state index in [1.165, 1.54) is 0 Å². The van der Waals surface area contributed by atoms with Gasteiger partial charge in [0.15, 0.2) is 0 Å². The summed E-state index contributed by atoms with van der Waals surface area (Å²) >= 11 is 0. The summed E-state index contributed by atoms with van der Waals surface area (Å²) in [4.78, 5) is 36.5. The van der Waals surface area contributed by atoms with E-state index in [2.05, 4.69) is 10.6 Å². The third-order valence-corrected chi connectivity index (χ3v) is 3.19. The molecule has 0 aromatic rings. The molecule has 2 rings (SSSR count). The van der Waals surface area contributed by atoms with Crippen LogP contribution in [0.1, 0.15) is 13.3 Å². The third-order valence-electron chi connectivity index (χ3n) is 3.19. The van der Waals surface area contributed by atoms with Gasteiger partial charge in [0.1, 0.15) is 6.04 Å². The number of amides is 2. The normalized spacial score (nSPS) is 29.2. The number of esters is 1. The molecule has 2 N–H and O–H groups in total. The zero-order valence-corrected chi connectivity index (χ0v) is 10.3. The molecule has 2 aliphatic heterocycles. The second-order valence-corrected chi connectivity index (χ2v) is 4.34. The average molecular weight is 255 g/mol. The van der Waals surface area contributed by atoms with Crippen LogP contribution in [0.3, 0.4) is 0 Å². The molecular weight excluding hydrogens is 238 g/mol. The number of rotatable bonds is 3. The lowest BCUT2D eigenvalue weighted by molar-refractivity contribution is -0.152. The monoisotopic (exact) mass is 255 g/mol. The highest BCUT2D eigenvalue weighted by atomic mass is 16.5. The van der Waals surface area contributed by atoms with E-state index in [1.807, 2.05) is 0 Å². The van der Waals surface area contributed by atoms with Gasteiger partial charge >= 0.3 is 5.97 Å². The second-order valence-electron chi connectivity index (χ2n) is 4.34. The summed E-state index contributed by atoms with van der Waals surface area (Å²) < 4.78 is 5.00. The zero-order chi connectivity index (χ0) is 13.1. The summed E-state index contributed by atoms with van der Waals surface area (Å²) in [5.74, 6) is -0.959. The molecule has 2 fully saturated rings. The van der Waals surface area contributed by atoms with Crippen molar-refractivity contribution in [3.63, 3.8) is 0 Å². The fourth-order valence-electron chi connectivity index (χ4n) is 2.36. The molecule has 0 aromatic carbocycles. The van der Waals surface area contributed by atoms with Crippen molar-refractivity contribution in [2.24, 2.45) is 0 Å². The molecule has 0 bridgehead atoms. The Bertz CT molecular complexity index is 371. The first-order valence-electron chi connectivity index (χ1n) is 6.10. The van der Waals surface area contributed by atoms with Crippen molar-refractivity contribution >= 4 is 17.8 Å².